The summed E-state index contributed by atoms with van der Waals surface area (Å²) < 4.78 is 36.4. The molecule has 1 aliphatic rings. The number of pyridine rings is 1. The van der Waals surface area contributed by atoms with Gasteiger partial charge in [0, 0.05) is 12.7 Å². The number of carboxylic acids is 1. The Labute approximate surface area is 148 Å². The first-order valence-electron chi connectivity index (χ1n) is 7.93. The van der Waals surface area contributed by atoms with Crippen LogP contribution >= 0.6 is 0 Å². The molecule has 0 spiro atoms. The topological polar surface area (TPSA) is 106 Å². The van der Waals surface area contributed by atoms with E-state index < -0.39 is 12.1 Å². The summed E-state index contributed by atoms with van der Waals surface area (Å²) in [5, 5.41) is 7.12. The molecular formula is C16H22F3N3O4. The van der Waals surface area contributed by atoms with Crippen molar-refractivity contribution in [3.63, 3.8) is 0 Å². The second-order valence-electron chi connectivity index (χ2n) is 5.79. The quantitative estimate of drug-likeness (QED) is 0.769. The Balaban J connectivity index is 0.000000412. The first kappa shape index (κ1) is 21.8. The number of carbonyl (C=O) groups excluding carboxylic acids is 1. The van der Waals surface area contributed by atoms with E-state index in [-0.39, 0.29) is 5.97 Å². The Bertz CT molecular complexity index is 585. The first-order chi connectivity index (χ1) is 12.2. The summed E-state index contributed by atoms with van der Waals surface area (Å²) in [6.45, 7) is 3.77. The molecule has 0 amide bonds. The van der Waals surface area contributed by atoms with Crippen molar-refractivity contribution >= 4 is 11.9 Å². The predicted molar refractivity (Wildman–Crippen MR) is 86.3 cm³/mol. The van der Waals surface area contributed by atoms with Crippen molar-refractivity contribution in [2.45, 2.75) is 25.6 Å². The molecule has 1 saturated heterocycles. The third kappa shape index (κ3) is 7.36. The number of ether oxygens (including phenoxy) is 1. The molecule has 0 bridgehead atoms. The number of carbonyl (C=O) groups is 2. The molecule has 10 heteroatoms. The molecule has 2 rings (SSSR count). The second kappa shape index (κ2) is 10.1. The van der Waals surface area contributed by atoms with Gasteiger partial charge in [0.05, 0.1) is 18.4 Å². The maximum atomic E-state index is 11.3. The lowest BCUT2D eigenvalue weighted by Gasteiger charge is -2.30. The molecule has 0 atom stereocenters. The van der Waals surface area contributed by atoms with Gasteiger partial charge >= 0.3 is 18.1 Å². The minimum absolute atomic E-state index is 0.345. The van der Waals surface area contributed by atoms with Crippen LogP contribution < -0.4 is 5.73 Å². The third-order valence-corrected chi connectivity index (χ3v) is 3.91. The molecule has 26 heavy (non-hydrogen) atoms. The van der Waals surface area contributed by atoms with Gasteiger partial charge < -0.3 is 15.6 Å². The number of nitrogens with two attached hydrogens (primary N) is 1. The van der Waals surface area contributed by atoms with Crippen LogP contribution in [-0.2, 0) is 16.1 Å². The third-order valence-electron chi connectivity index (χ3n) is 3.91. The number of halogens is 3. The molecule has 0 saturated carbocycles. The molecular weight excluding hydrogens is 355 g/mol. The Hall–Kier alpha value is -2.20. The van der Waals surface area contributed by atoms with Crippen molar-refractivity contribution in [3.05, 3.63) is 29.6 Å². The van der Waals surface area contributed by atoms with Crippen LogP contribution in [0.2, 0.25) is 0 Å². The molecule has 146 valence electrons. The van der Waals surface area contributed by atoms with Crippen molar-refractivity contribution in [1.29, 1.82) is 0 Å². The van der Waals surface area contributed by atoms with E-state index in [0.29, 0.717) is 11.5 Å². The van der Waals surface area contributed by atoms with Gasteiger partial charge in [-0.2, -0.15) is 13.2 Å². The number of hydrogen-bond acceptors (Lipinski definition) is 6. The van der Waals surface area contributed by atoms with E-state index in [9.17, 15) is 18.0 Å². The van der Waals surface area contributed by atoms with E-state index >= 15 is 0 Å². The van der Waals surface area contributed by atoms with E-state index in [1.807, 2.05) is 6.07 Å². The molecule has 1 aromatic rings. The van der Waals surface area contributed by atoms with E-state index in [0.717, 1.165) is 44.7 Å². The molecule has 7 nitrogen and oxygen atoms in total. The van der Waals surface area contributed by atoms with Crippen LogP contribution in [0.5, 0.6) is 0 Å². The fourth-order valence-corrected chi connectivity index (χ4v) is 2.37. The average molecular weight is 377 g/mol. The van der Waals surface area contributed by atoms with Gasteiger partial charge in [-0.1, -0.05) is 0 Å². The number of esters is 1. The van der Waals surface area contributed by atoms with Crippen molar-refractivity contribution in [2.75, 3.05) is 26.7 Å². The molecule has 1 aromatic heterocycles. The zero-order valence-corrected chi connectivity index (χ0v) is 14.3. The number of carboxylic acid groups (broad SMARTS) is 1. The normalized spacial score (nSPS) is 15.7. The number of likely N-dealkylation sites (tertiary alicyclic amines) is 1. The van der Waals surface area contributed by atoms with Crippen LogP contribution in [0.4, 0.5) is 13.2 Å². The molecule has 0 unspecified atom stereocenters. The first-order valence-corrected chi connectivity index (χ1v) is 7.93. The van der Waals surface area contributed by atoms with Crippen molar-refractivity contribution in [2.24, 2.45) is 11.7 Å². The maximum Gasteiger partial charge on any atom is 0.490 e. The van der Waals surface area contributed by atoms with E-state index in [4.69, 9.17) is 15.6 Å². The highest BCUT2D eigenvalue weighted by atomic mass is 19.4. The molecule has 3 N–H and O–H groups in total. The number of aliphatic carboxylic acids is 1. The zero-order valence-electron chi connectivity index (χ0n) is 14.3. The SMILES string of the molecule is COC(=O)c1ccc(CN2CCC(CN)CC2)nc1.O=C(O)C(F)(F)F. The summed E-state index contributed by atoms with van der Waals surface area (Å²) in [5.74, 6) is -2.43. The number of rotatable bonds is 4. The van der Waals surface area contributed by atoms with Gasteiger partial charge in [0.25, 0.3) is 0 Å². The van der Waals surface area contributed by atoms with Gasteiger partial charge in [-0.05, 0) is 50.5 Å². The van der Waals surface area contributed by atoms with Gasteiger partial charge in [-0.3, -0.25) is 9.88 Å². The molecule has 0 aromatic carbocycles. The standard InChI is InChI=1S/C14H21N3O2.C2HF3O2/c1-19-14(18)12-2-3-13(16-9-12)10-17-6-4-11(8-15)5-7-17;3-2(4,5)1(6)7/h2-3,9,11H,4-8,10,15H2,1H3;(H,6,7). The molecule has 0 aliphatic carbocycles. The highest BCUT2D eigenvalue weighted by Gasteiger charge is 2.38. The summed E-state index contributed by atoms with van der Waals surface area (Å²) >= 11 is 0. The Morgan fingerprint density at radius 3 is 2.31 bits per heavy atom. The fourth-order valence-electron chi connectivity index (χ4n) is 2.37. The van der Waals surface area contributed by atoms with Gasteiger partial charge in [-0.25, -0.2) is 9.59 Å². The lowest BCUT2D eigenvalue weighted by Crippen LogP contribution is -2.35. The Kier molecular flexibility index (Phi) is 8.46. The monoisotopic (exact) mass is 377 g/mol. The van der Waals surface area contributed by atoms with Gasteiger partial charge in [0.1, 0.15) is 0 Å². The number of alkyl halides is 3. The highest BCUT2D eigenvalue weighted by molar-refractivity contribution is 5.88. The number of aromatic nitrogens is 1. The van der Waals surface area contributed by atoms with Crippen LogP contribution in [0.1, 0.15) is 28.9 Å². The van der Waals surface area contributed by atoms with Crippen LogP contribution in [-0.4, -0.2) is 59.8 Å². The van der Waals surface area contributed by atoms with E-state index in [2.05, 4.69) is 14.6 Å². The molecule has 1 aliphatic heterocycles. The van der Waals surface area contributed by atoms with Crippen LogP contribution in [0.3, 0.4) is 0 Å². The van der Waals surface area contributed by atoms with Crippen molar-refractivity contribution in [1.82, 2.24) is 9.88 Å². The molecule has 0 radical (unpaired) electrons. The number of piperidine rings is 1. The number of methoxy groups -OCH3 is 1. The van der Waals surface area contributed by atoms with Crippen LogP contribution in [0.25, 0.3) is 0 Å². The summed E-state index contributed by atoms with van der Waals surface area (Å²) in [5.41, 5.74) is 7.16. The number of nitrogens with zero attached hydrogens (tertiary/aromatic N) is 2. The van der Waals surface area contributed by atoms with E-state index in [1.54, 1.807) is 12.3 Å². The van der Waals surface area contributed by atoms with E-state index in [1.165, 1.54) is 7.11 Å². The largest absolute Gasteiger partial charge is 0.490 e. The maximum absolute atomic E-state index is 11.3. The smallest absolute Gasteiger partial charge is 0.475 e. The zero-order chi connectivity index (χ0) is 19.7. The molecule has 1 fully saturated rings. The number of hydrogen-bond donors (Lipinski definition) is 2. The second-order valence-corrected chi connectivity index (χ2v) is 5.79. The summed E-state index contributed by atoms with van der Waals surface area (Å²) in [6.07, 6.45) is -1.18. The van der Waals surface area contributed by atoms with Gasteiger partial charge in [0.2, 0.25) is 0 Å². The predicted octanol–water partition coefficient (Wildman–Crippen LogP) is 1.67. The van der Waals surface area contributed by atoms with Gasteiger partial charge in [-0.15, -0.1) is 0 Å². The highest BCUT2D eigenvalue weighted by Crippen LogP contribution is 2.17. The van der Waals surface area contributed by atoms with Crippen molar-refractivity contribution in [3.8, 4) is 0 Å². The minimum atomic E-state index is -5.08. The lowest BCUT2D eigenvalue weighted by molar-refractivity contribution is -0.192. The fraction of sp³-hybridized carbons (Fsp3) is 0.562. The summed E-state index contributed by atoms with van der Waals surface area (Å²) in [7, 11) is 1.37. The molecule has 2 heterocycles. The minimum Gasteiger partial charge on any atom is -0.475 e. The van der Waals surface area contributed by atoms with Crippen LogP contribution in [0.15, 0.2) is 18.3 Å². The Morgan fingerprint density at radius 1 is 1.35 bits per heavy atom. The van der Waals surface area contributed by atoms with Crippen molar-refractivity contribution < 1.29 is 32.6 Å². The average Bonchev–Trinajstić information content (AvgIpc) is 2.62. The van der Waals surface area contributed by atoms with Gasteiger partial charge in [0.15, 0.2) is 0 Å². The summed E-state index contributed by atoms with van der Waals surface area (Å²) in [6, 6.07) is 3.65. The lowest BCUT2D eigenvalue weighted by atomic mass is 9.97. The summed E-state index contributed by atoms with van der Waals surface area (Å²) in [4.78, 5) is 26.9. The van der Waals surface area contributed by atoms with Crippen LogP contribution in [0, 0.1) is 5.92 Å². The Morgan fingerprint density at radius 2 is 1.92 bits per heavy atom.